The van der Waals surface area contributed by atoms with Gasteiger partial charge in [-0.2, -0.15) is 0 Å². The van der Waals surface area contributed by atoms with Crippen LogP contribution in [0.25, 0.3) is 0 Å². The van der Waals surface area contributed by atoms with E-state index in [1.165, 1.54) is 21.0 Å². The van der Waals surface area contributed by atoms with Crippen molar-refractivity contribution in [1.82, 2.24) is 0 Å². The third-order valence-corrected chi connectivity index (χ3v) is 4.29. The fourth-order valence-electron chi connectivity index (χ4n) is 2.28. The second-order valence-corrected chi connectivity index (χ2v) is 5.69. The molecule has 0 saturated heterocycles. The Bertz CT molecular complexity index is 547. The largest absolute Gasteiger partial charge is 0.497 e. The van der Waals surface area contributed by atoms with Crippen LogP contribution in [-0.2, 0) is 6.42 Å². The van der Waals surface area contributed by atoms with Gasteiger partial charge >= 0.3 is 0 Å². The lowest BCUT2D eigenvalue weighted by atomic mass is 10.1. The molecule has 1 N–H and O–H groups in total. The first-order chi connectivity index (χ1) is 8.26. The molecule has 2 heterocycles. The van der Waals surface area contributed by atoms with Gasteiger partial charge in [0.05, 0.1) is 13.2 Å². The summed E-state index contributed by atoms with van der Waals surface area (Å²) in [7, 11) is 1.71. The minimum absolute atomic E-state index is 0.427. The van der Waals surface area contributed by atoms with E-state index in [0.717, 1.165) is 12.2 Å². The average Bonchev–Trinajstić information content (AvgIpc) is 2.93. The van der Waals surface area contributed by atoms with Gasteiger partial charge in [-0.25, -0.2) is 0 Å². The number of anilines is 1. The summed E-state index contributed by atoms with van der Waals surface area (Å²) in [6, 6.07) is 11.1. The Balaban J connectivity index is 1.87. The zero-order chi connectivity index (χ0) is 11.8. The normalized spacial score (nSPS) is 17.6. The van der Waals surface area contributed by atoms with E-state index in [2.05, 4.69) is 36.5 Å². The Morgan fingerprint density at radius 3 is 2.88 bits per heavy atom. The van der Waals surface area contributed by atoms with Crippen molar-refractivity contribution in [2.45, 2.75) is 19.4 Å². The SMILES string of the molecule is COc1ccc2c(c1)CC(c1ccc(C)s1)N2. The third kappa shape index (κ3) is 1.91. The predicted molar refractivity (Wildman–Crippen MR) is 72.1 cm³/mol. The van der Waals surface area contributed by atoms with Crippen LogP contribution in [0.5, 0.6) is 5.75 Å². The van der Waals surface area contributed by atoms with Crippen molar-refractivity contribution in [3.8, 4) is 5.75 Å². The van der Waals surface area contributed by atoms with Gasteiger partial charge in [-0.15, -0.1) is 11.3 Å². The van der Waals surface area contributed by atoms with Gasteiger partial charge in [0, 0.05) is 15.4 Å². The number of thiophene rings is 1. The molecule has 0 radical (unpaired) electrons. The van der Waals surface area contributed by atoms with Crippen LogP contribution < -0.4 is 10.1 Å². The minimum atomic E-state index is 0.427. The maximum Gasteiger partial charge on any atom is 0.119 e. The zero-order valence-electron chi connectivity index (χ0n) is 9.99. The van der Waals surface area contributed by atoms with Crippen LogP contribution in [0.3, 0.4) is 0 Å². The van der Waals surface area contributed by atoms with Crippen LogP contribution in [0.1, 0.15) is 21.4 Å². The molecule has 2 aromatic rings. The zero-order valence-corrected chi connectivity index (χ0v) is 10.8. The molecule has 1 aliphatic heterocycles. The molecule has 0 aliphatic carbocycles. The summed E-state index contributed by atoms with van der Waals surface area (Å²) in [5.41, 5.74) is 2.59. The molecule has 0 amide bonds. The highest BCUT2D eigenvalue weighted by Crippen LogP contribution is 2.38. The molecule has 0 bridgehead atoms. The molecule has 1 atom stereocenters. The quantitative estimate of drug-likeness (QED) is 0.869. The summed E-state index contributed by atoms with van der Waals surface area (Å²) in [5, 5.41) is 3.57. The van der Waals surface area contributed by atoms with E-state index >= 15 is 0 Å². The standard InChI is InChI=1S/C14H15NOS/c1-9-3-6-14(17-9)13-8-10-7-11(16-2)4-5-12(10)15-13/h3-7,13,15H,8H2,1-2H3. The highest BCUT2D eigenvalue weighted by atomic mass is 32.1. The molecule has 1 aromatic carbocycles. The highest BCUT2D eigenvalue weighted by molar-refractivity contribution is 7.12. The summed E-state index contributed by atoms with van der Waals surface area (Å²) in [5.74, 6) is 0.938. The average molecular weight is 245 g/mol. The number of nitrogens with one attached hydrogen (secondary N) is 1. The van der Waals surface area contributed by atoms with E-state index in [1.807, 2.05) is 17.4 Å². The third-order valence-electron chi connectivity index (χ3n) is 3.17. The summed E-state index contributed by atoms with van der Waals surface area (Å²) in [4.78, 5) is 2.79. The van der Waals surface area contributed by atoms with E-state index in [0.29, 0.717) is 6.04 Å². The van der Waals surface area contributed by atoms with E-state index in [-0.39, 0.29) is 0 Å². The lowest BCUT2D eigenvalue weighted by Crippen LogP contribution is -2.02. The number of benzene rings is 1. The fourth-order valence-corrected chi connectivity index (χ4v) is 3.21. The number of hydrogen-bond acceptors (Lipinski definition) is 3. The van der Waals surface area contributed by atoms with Crippen LogP contribution in [0.2, 0.25) is 0 Å². The molecular formula is C14H15NOS. The first-order valence-electron chi connectivity index (χ1n) is 5.76. The number of ether oxygens (including phenoxy) is 1. The Labute approximate surface area is 105 Å². The Morgan fingerprint density at radius 2 is 2.18 bits per heavy atom. The van der Waals surface area contributed by atoms with Crippen molar-refractivity contribution in [3.05, 3.63) is 45.6 Å². The van der Waals surface area contributed by atoms with Crippen molar-refractivity contribution >= 4 is 17.0 Å². The van der Waals surface area contributed by atoms with Crippen molar-refractivity contribution in [3.63, 3.8) is 0 Å². The highest BCUT2D eigenvalue weighted by Gasteiger charge is 2.23. The summed E-state index contributed by atoms with van der Waals surface area (Å²) in [6.45, 7) is 2.15. The lowest BCUT2D eigenvalue weighted by Gasteiger charge is -2.07. The van der Waals surface area contributed by atoms with Crippen LogP contribution in [-0.4, -0.2) is 7.11 Å². The number of hydrogen-bond donors (Lipinski definition) is 1. The maximum atomic E-state index is 5.26. The Kier molecular flexibility index (Phi) is 2.56. The van der Waals surface area contributed by atoms with Crippen molar-refractivity contribution in [1.29, 1.82) is 0 Å². The number of rotatable bonds is 2. The monoisotopic (exact) mass is 245 g/mol. The van der Waals surface area contributed by atoms with Crippen LogP contribution >= 0.6 is 11.3 Å². The fraction of sp³-hybridized carbons (Fsp3) is 0.286. The summed E-state index contributed by atoms with van der Waals surface area (Å²) >= 11 is 1.87. The molecule has 0 fully saturated rings. The number of methoxy groups -OCH3 is 1. The summed E-state index contributed by atoms with van der Waals surface area (Å²) in [6.07, 6.45) is 1.05. The van der Waals surface area contributed by atoms with Gasteiger partial charge in [0.2, 0.25) is 0 Å². The molecule has 1 aliphatic rings. The van der Waals surface area contributed by atoms with Gasteiger partial charge in [-0.1, -0.05) is 0 Å². The first kappa shape index (κ1) is 10.7. The van der Waals surface area contributed by atoms with E-state index in [9.17, 15) is 0 Å². The summed E-state index contributed by atoms with van der Waals surface area (Å²) < 4.78 is 5.26. The molecule has 1 unspecified atom stereocenters. The second-order valence-electron chi connectivity index (χ2n) is 4.37. The molecule has 17 heavy (non-hydrogen) atoms. The van der Waals surface area contributed by atoms with Crippen LogP contribution in [0.4, 0.5) is 5.69 Å². The number of fused-ring (bicyclic) bond motifs is 1. The van der Waals surface area contributed by atoms with Gasteiger partial charge < -0.3 is 10.1 Å². The maximum absolute atomic E-state index is 5.26. The number of aryl methyl sites for hydroxylation is 1. The van der Waals surface area contributed by atoms with E-state index < -0.39 is 0 Å². The van der Waals surface area contributed by atoms with Crippen molar-refractivity contribution in [2.75, 3.05) is 12.4 Å². The molecule has 3 heteroatoms. The molecule has 2 nitrogen and oxygen atoms in total. The van der Waals surface area contributed by atoms with Gasteiger partial charge in [-0.05, 0) is 49.2 Å². The Hall–Kier alpha value is -1.48. The van der Waals surface area contributed by atoms with Gasteiger partial charge in [0.15, 0.2) is 0 Å². The van der Waals surface area contributed by atoms with E-state index in [1.54, 1.807) is 7.11 Å². The molecule has 3 rings (SSSR count). The van der Waals surface area contributed by atoms with Gasteiger partial charge in [0.25, 0.3) is 0 Å². The predicted octanol–water partition coefficient (Wildman–Crippen LogP) is 3.77. The molecule has 88 valence electrons. The van der Waals surface area contributed by atoms with Crippen molar-refractivity contribution < 1.29 is 4.74 Å². The topological polar surface area (TPSA) is 21.3 Å². The van der Waals surface area contributed by atoms with Crippen molar-refractivity contribution in [2.24, 2.45) is 0 Å². The smallest absolute Gasteiger partial charge is 0.119 e. The Morgan fingerprint density at radius 1 is 1.29 bits per heavy atom. The molecular weight excluding hydrogens is 230 g/mol. The second kappa shape index (κ2) is 4.08. The molecule has 1 aromatic heterocycles. The molecule has 0 saturated carbocycles. The lowest BCUT2D eigenvalue weighted by molar-refractivity contribution is 0.414. The minimum Gasteiger partial charge on any atom is -0.497 e. The van der Waals surface area contributed by atoms with Crippen LogP contribution in [0, 0.1) is 6.92 Å². The molecule has 0 spiro atoms. The first-order valence-corrected chi connectivity index (χ1v) is 6.57. The van der Waals surface area contributed by atoms with Gasteiger partial charge in [-0.3, -0.25) is 0 Å². The van der Waals surface area contributed by atoms with Crippen LogP contribution in [0.15, 0.2) is 30.3 Å². The van der Waals surface area contributed by atoms with E-state index in [4.69, 9.17) is 4.74 Å². The van der Waals surface area contributed by atoms with Gasteiger partial charge in [0.1, 0.15) is 5.75 Å².